The zero-order chi connectivity index (χ0) is 12.1. The fourth-order valence-corrected chi connectivity index (χ4v) is 3.35. The second-order valence-corrected chi connectivity index (χ2v) is 5.61. The van der Waals surface area contributed by atoms with Crippen molar-refractivity contribution in [3.05, 3.63) is 11.6 Å². The molecule has 0 spiro atoms. The molecule has 1 aliphatic heterocycles. The van der Waals surface area contributed by atoms with Gasteiger partial charge in [0, 0.05) is 12.0 Å². The number of Topliss-reactive ketones (excluding diaryl/α,β-unsaturated/α-hetero) is 1. The fourth-order valence-electron chi connectivity index (χ4n) is 3.35. The highest BCUT2D eigenvalue weighted by atomic mass is 16.1. The quantitative estimate of drug-likeness (QED) is 0.810. The first-order valence-electron chi connectivity index (χ1n) is 7.23. The number of carbonyl (C=O) groups is 1. The zero-order valence-electron chi connectivity index (χ0n) is 11.1. The van der Waals surface area contributed by atoms with E-state index in [1.54, 1.807) is 0 Å². The van der Waals surface area contributed by atoms with Crippen LogP contribution in [0.1, 0.15) is 58.3 Å². The van der Waals surface area contributed by atoms with Gasteiger partial charge in [-0.05, 0) is 57.1 Å². The van der Waals surface area contributed by atoms with E-state index in [0.29, 0.717) is 5.78 Å². The van der Waals surface area contributed by atoms with E-state index in [1.807, 2.05) is 0 Å². The Hall–Kier alpha value is -0.630. The second-order valence-electron chi connectivity index (χ2n) is 5.61. The Morgan fingerprint density at radius 2 is 2.29 bits per heavy atom. The fraction of sp³-hybridized carbons (Fsp3) is 0.800. The van der Waals surface area contributed by atoms with Gasteiger partial charge in [0.05, 0.1) is 0 Å². The van der Waals surface area contributed by atoms with Gasteiger partial charge in [-0.3, -0.25) is 4.79 Å². The van der Waals surface area contributed by atoms with E-state index in [4.69, 9.17) is 0 Å². The van der Waals surface area contributed by atoms with E-state index in [1.165, 1.54) is 12.8 Å². The number of ketones is 1. The van der Waals surface area contributed by atoms with E-state index >= 15 is 0 Å². The molecule has 1 N–H and O–H groups in total. The van der Waals surface area contributed by atoms with Crippen LogP contribution >= 0.6 is 0 Å². The number of nitrogens with one attached hydrogen (secondary N) is 1. The van der Waals surface area contributed by atoms with Gasteiger partial charge in [-0.25, -0.2) is 0 Å². The molecule has 0 amide bonds. The van der Waals surface area contributed by atoms with Crippen LogP contribution in [0.15, 0.2) is 11.6 Å². The summed E-state index contributed by atoms with van der Waals surface area (Å²) in [6.45, 7) is 4.17. The summed E-state index contributed by atoms with van der Waals surface area (Å²) < 4.78 is 0. The summed E-state index contributed by atoms with van der Waals surface area (Å²) in [7, 11) is 0. The third kappa shape index (κ3) is 2.79. The van der Waals surface area contributed by atoms with E-state index in [0.717, 1.165) is 57.2 Å². The highest BCUT2D eigenvalue weighted by Crippen LogP contribution is 2.37. The van der Waals surface area contributed by atoms with Gasteiger partial charge in [0.2, 0.25) is 0 Å². The molecule has 1 saturated heterocycles. The number of rotatable bonds is 4. The number of hydrogen-bond acceptors (Lipinski definition) is 2. The Kier molecular flexibility index (Phi) is 4.38. The molecular formula is C15H25NO. The molecule has 0 bridgehead atoms. The topological polar surface area (TPSA) is 29.1 Å². The molecule has 0 aromatic carbocycles. The standard InChI is InChI=1S/C15H25NO/c1-2-9-15(10-6-11-16-12-15)14(17)13-7-4-3-5-8-13/h7,16H,2-6,8-12H2,1H3. The first kappa shape index (κ1) is 12.8. The van der Waals surface area contributed by atoms with Gasteiger partial charge in [0.25, 0.3) is 0 Å². The molecule has 0 saturated carbocycles. The van der Waals surface area contributed by atoms with Crippen molar-refractivity contribution in [1.82, 2.24) is 5.32 Å². The maximum atomic E-state index is 12.8. The first-order chi connectivity index (χ1) is 8.28. The van der Waals surface area contributed by atoms with Gasteiger partial charge in [0.1, 0.15) is 0 Å². The zero-order valence-corrected chi connectivity index (χ0v) is 11.1. The average Bonchev–Trinajstić information content (AvgIpc) is 2.40. The lowest BCUT2D eigenvalue weighted by Crippen LogP contribution is -2.46. The lowest BCUT2D eigenvalue weighted by molar-refractivity contribution is -0.126. The van der Waals surface area contributed by atoms with Crippen molar-refractivity contribution in [2.24, 2.45) is 5.41 Å². The van der Waals surface area contributed by atoms with E-state index in [2.05, 4.69) is 18.3 Å². The van der Waals surface area contributed by atoms with Gasteiger partial charge >= 0.3 is 0 Å². The van der Waals surface area contributed by atoms with Crippen LogP contribution in [-0.2, 0) is 4.79 Å². The lowest BCUT2D eigenvalue weighted by Gasteiger charge is -2.37. The van der Waals surface area contributed by atoms with Gasteiger partial charge in [0.15, 0.2) is 5.78 Å². The summed E-state index contributed by atoms with van der Waals surface area (Å²) in [4.78, 5) is 12.8. The van der Waals surface area contributed by atoms with Crippen molar-refractivity contribution in [2.45, 2.75) is 58.3 Å². The van der Waals surface area contributed by atoms with Crippen molar-refractivity contribution in [3.8, 4) is 0 Å². The Morgan fingerprint density at radius 3 is 2.88 bits per heavy atom. The molecule has 2 rings (SSSR count). The Balaban J connectivity index is 2.14. The van der Waals surface area contributed by atoms with Crippen molar-refractivity contribution >= 4 is 5.78 Å². The summed E-state index contributed by atoms with van der Waals surface area (Å²) >= 11 is 0. The average molecular weight is 235 g/mol. The molecule has 0 radical (unpaired) electrons. The summed E-state index contributed by atoms with van der Waals surface area (Å²) in [5.74, 6) is 0.464. The Bertz CT molecular complexity index is 295. The minimum atomic E-state index is -0.0732. The molecule has 1 heterocycles. The van der Waals surface area contributed by atoms with Crippen LogP contribution < -0.4 is 5.32 Å². The monoisotopic (exact) mass is 235 g/mol. The molecular weight excluding hydrogens is 210 g/mol. The maximum absolute atomic E-state index is 12.8. The van der Waals surface area contributed by atoms with Crippen molar-refractivity contribution in [1.29, 1.82) is 0 Å². The van der Waals surface area contributed by atoms with Gasteiger partial charge in [-0.1, -0.05) is 19.4 Å². The third-order valence-electron chi connectivity index (χ3n) is 4.27. The highest BCUT2D eigenvalue weighted by Gasteiger charge is 2.39. The highest BCUT2D eigenvalue weighted by molar-refractivity contribution is 6.00. The van der Waals surface area contributed by atoms with Crippen LogP contribution in [-0.4, -0.2) is 18.9 Å². The summed E-state index contributed by atoms with van der Waals surface area (Å²) in [5, 5.41) is 3.43. The van der Waals surface area contributed by atoms with Crippen LogP contribution in [0.3, 0.4) is 0 Å². The number of piperidine rings is 1. The molecule has 0 aromatic rings. The molecule has 2 aliphatic rings. The molecule has 1 fully saturated rings. The van der Waals surface area contributed by atoms with E-state index in [9.17, 15) is 4.79 Å². The summed E-state index contributed by atoms with van der Waals surface area (Å²) in [6.07, 6.45) is 11.2. The molecule has 2 heteroatoms. The van der Waals surface area contributed by atoms with Gasteiger partial charge in [-0.2, -0.15) is 0 Å². The Morgan fingerprint density at radius 1 is 1.41 bits per heavy atom. The van der Waals surface area contributed by atoms with Crippen molar-refractivity contribution in [2.75, 3.05) is 13.1 Å². The SMILES string of the molecule is CCCC1(C(=O)C2=CCCCC2)CCCNC1. The van der Waals surface area contributed by atoms with Crippen LogP contribution in [0.5, 0.6) is 0 Å². The van der Waals surface area contributed by atoms with Crippen LogP contribution in [0.2, 0.25) is 0 Å². The van der Waals surface area contributed by atoms with E-state index in [-0.39, 0.29) is 5.41 Å². The van der Waals surface area contributed by atoms with Crippen molar-refractivity contribution in [3.63, 3.8) is 0 Å². The summed E-state index contributed by atoms with van der Waals surface area (Å²) in [6, 6.07) is 0. The molecule has 17 heavy (non-hydrogen) atoms. The van der Waals surface area contributed by atoms with Gasteiger partial charge in [-0.15, -0.1) is 0 Å². The number of carbonyl (C=O) groups excluding carboxylic acids is 1. The predicted molar refractivity (Wildman–Crippen MR) is 71.0 cm³/mol. The predicted octanol–water partition coefficient (Wildman–Crippen LogP) is 3.23. The lowest BCUT2D eigenvalue weighted by atomic mass is 9.70. The van der Waals surface area contributed by atoms with Gasteiger partial charge < -0.3 is 5.32 Å². The third-order valence-corrected chi connectivity index (χ3v) is 4.27. The molecule has 1 aliphatic carbocycles. The minimum absolute atomic E-state index is 0.0732. The number of allylic oxidation sites excluding steroid dienone is 2. The molecule has 96 valence electrons. The normalized spacial score (nSPS) is 29.8. The van der Waals surface area contributed by atoms with Crippen LogP contribution in [0.25, 0.3) is 0 Å². The first-order valence-corrected chi connectivity index (χ1v) is 7.23. The smallest absolute Gasteiger partial charge is 0.165 e. The number of hydrogen-bond donors (Lipinski definition) is 1. The molecule has 1 unspecified atom stereocenters. The summed E-state index contributed by atoms with van der Waals surface area (Å²) in [5.41, 5.74) is 1.06. The second kappa shape index (κ2) is 5.81. The van der Waals surface area contributed by atoms with Crippen molar-refractivity contribution < 1.29 is 4.79 Å². The molecule has 1 atom stereocenters. The van der Waals surface area contributed by atoms with Crippen LogP contribution in [0.4, 0.5) is 0 Å². The minimum Gasteiger partial charge on any atom is -0.316 e. The van der Waals surface area contributed by atoms with Crippen LogP contribution in [0, 0.1) is 5.41 Å². The molecule has 0 aromatic heterocycles. The van der Waals surface area contributed by atoms with E-state index < -0.39 is 0 Å². The molecule has 2 nitrogen and oxygen atoms in total. The Labute approximate surface area is 105 Å². The maximum Gasteiger partial charge on any atom is 0.165 e. The largest absolute Gasteiger partial charge is 0.316 e.